The molecule has 0 fully saturated rings. The Bertz CT molecular complexity index is 566. The normalized spacial score (nSPS) is 12.6. The molecule has 106 valence electrons. The summed E-state index contributed by atoms with van der Waals surface area (Å²) in [5, 5.41) is 11.8. The standard InChI is InChI=1S/C15H17NO2S2/c1-10(2)13(15(17)18)19-8-12-9-20-14(16-12)11-6-4-3-5-7-11/h3-7,9-10,13H,8H2,1-2H3,(H,17,18). The summed E-state index contributed by atoms with van der Waals surface area (Å²) in [6.45, 7) is 3.87. The molecule has 0 aliphatic heterocycles. The molecule has 20 heavy (non-hydrogen) atoms. The Morgan fingerprint density at radius 1 is 1.35 bits per heavy atom. The molecule has 0 aliphatic carbocycles. The van der Waals surface area contributed by atoms with Crippen LogP contribution < -0.4 is 0 Å². The van der Waals surface area contributed by atoms with Gasteiger partial charge in [-0.3, -0.25) is 4.79 Å². The van der Waals surface area contributed by atoms with Crippen LogP contribution in [0.4, 0.5) is 0 Å². The minimum Gasteiger partial charge on any atom is -0.480 e. The van der Waals surface area contributed by atoms with Crippen LogP contribution in [0.1, 0.15) is 19.5 Å². The Morgan fingerprint density at radius 3 is 2.65 bits per heavy atom. The maximum atomic E-state index is 11.2. The lowest BCUT2D eigenvalue weighted by Gasteiger charge is -2.14. The predicted octanol–water partition coefficient (Wildman–Crippen LogP) is 4.15. The van der Waals surface area contributed by atoms with Crippen molar-refractivity contribution in [3.8, 4) is 10.6 Å². The minimum absolute atomic E-state index is 0.115. The molecule has 1 aromatic heterocycles. The van der Waals surface area contributed by atoms with Crippen LogP contribution in [0.25, 0.3) is 10.6 Å². The maximum absolute atomic E-state index is 11.2. The van der Waals surface area contributed by atoms with E-state index in [-0.39, 0.29) is 11.2 Å². The quantitative estimate of drug-likeness (QED) is 0.871. The summed E-state index contributed by atoms with van der Waals surface area (Å²) in [5.74, 6) is 0.00612. The Kier molecular flexibility index (Phi) is 5.20. The van der Waals surface area contributed by atoms with Gasteiger partial charge in [0.2, 0.25) is 0 Å². The fourth-order valence-corrected chi connectivity index (χ4v) is 3.77. The molecule has 1 aromatic carbocycles. The van der Waals surface area contributed by atoms with E-state index in [1.165, 1.54) is 11.8 Å². The zero-order valence-electron chi connectivity index (χ0n) is 11.4. The van der Waals surface area contributed by atoms with Gasteiger partial charge in [-0.25, -0.2) is 4.98 Å². The molecule has 0 spiro atoms. The number of carbonyl (C=O) groups is 1. The predicted molar refractivity (Wildman–Crippen MR) is 85.1 cm³/mol. The number of thioether (sulfide) groups is 1. The number of rotatable bonds is 6. The van der Waals surface area contributed by atoms with E-state index in [1.54, 1.807) is 11.3 Å². The molecule has 0 saturated carbocycles. The van der Waals surface area contributed by atoms with Gasteiger partial charge in [0.25, 0.3) is 0 Å². The lowest BCUT2D eigenvalue weighted by molar-refractivity contribution is -0.137. The van der Waals surface area contributed by atoms with Crippen LogP contribution in [0.2, 0.25) is 0 Å². The first-order chi connectivity index (χ1) is 9.58. The zero-order valence-corrected chi connectivity index (χ0v) is 13.1. The Balaban J connectivity index is 2.02. The zero-order chi connectivity index (χ0) is 14.5. The van der Waals surface area contributed by atoms with E-state index in [1.807, 2.05) is 49.6 Å². The van der Waals surface area contributed by atoms with Gasteiger partial charge in [0.1, 0.15) is 10.3 Å². The summed E-state index contributed by atoms with van der Waals surface area (Å²) in [6.07, 6.45) is 0. The highest BCUT2D eigenvalue weighted by atomic mass is 32.2. The number of aliphatic carboxylic acids is 1. The Hall–Kier alpha value is -1.33. The molecule has 0 aliphatic rings. The van der Waals surface area contributed by atoms with Crippen LogP contribution in [-0.2, 0) is 10.5 Å². The van der Waals surface area contributed by atoms with Gasteiger partial charge in [0, 0.05) is 16.7 Å². The molecule has 2 aromatic rings. The van der Waals surface area contributed by atoms with Crippen LogP contribution in [-0.4, -0.2) is 21.3 Å². The largest absolute Gasteiger partial charge is 0.480 e. The first kappa shape index (κ1) is 15.1. The van der Waals surface area contributed by atoms with Crippen LogP contribution in [0, 0.1) is 5.92 Å². The lowest BCUT2D eigenvalue weighted by atomic mass is 10.1. The lowest BCUT2D eigenvalue weighted by Crippen LogP contribution is -2.22. The van der Waals surface area contributed by atoms with E-state index >= 15 is 0 Å². The molecular formula is C15H17NO2S2. The molecule has 3 nitrogen and oxygen atoms in total. The van der Waals surface area contributed by atoms with E-state index in [0.717, 1.165) is 16.3 Å². The fraction of sp³-hybridized carbons (Fsp3) is 0.333. The van der Waals surface area contributed by atoms with Gasteiger partial charge in [-0.1, -0.05) is 44.2 Å². The molecule has 1 unspecified atom stereocenters. The number of hydrogen-bond acceptors (Lipinski definition) is 4. The van der Waals surface area contributed by atoms with Gasteiger partial charge in [-0.15, -0.1) is 23.1 Å². The van der Waals surface area contributed by atoms with E-state index < -0.39 is 5.97 Å². The van der Waals surface area contributed by atoms with Gasteiger partial charge in [-0.2, -0.15) is 0 Å². The number of thiazole rings is 1. The van der Waals surface area contributed by atoms with E-state index in [4.69, 9.17) is 5.11 Å². The number of carboxylic acids is 1. The third-order valence-corrected chi connectivity index (χ3v) is 5.34. The van der Waals surface area contributed by atoms with Gasteiger partial charge < -0.3 is 5.11 Å². The highest BCUT2D eigenvalue weighted by Crippen LogP contribution is 2.28. The summed E-state index contributed by atoms with van der Waals surface area (Å²) in [6, 6.07) is 10.0. The first-order valence-corrected chi connectivity index (χ1v) is 8.35. The van der Waals surface area contributed by atoms with Crippen LogP contribution in [0.5, 0.6) is 0 Å². The highest BCUT2D eigenvalue weighted by Gasteiger charge is 2.22. The summed E-state index contributed by atoms with van der Waals surface area (Å²) in [5.41, 5.74) is 2.05. The third kappa shape index (κ3) is 3.84. The van der Waals surface area contributed by atoms with Crippen LogP contribution in [0.3, 0.4) is 0 Å². The Labute approximate surface area is 127 Å². The molecule has 0 bridgehead atoms. The molecule has 0 radical (unpaired) electrons. The number of aromatic nitrogens is 1. The van der Waals surface area contributed by atoms with Crippen molar-refractivity contribution in [2.75, 3.05) is 0 Å². The summed E-state index contributed by atoms with van der Waals surface area (Å²) in [4.78, 5) is 15.7. The van der Waals surface area contributed by atoms with Crippen molar-refractivity contribution in [1.82, 2.24) is 4.98 Å². The van der Waals surface area contributed by atoms with Crippen molar-refractivity contribution in [2.24, 2.45) is 5.92 Å². The number of carboxylic acid groups (broad SMARTS) is 1. The summed E-state index contributed by atoms with van der Waals surface area (Å²) in [7, 11) is 0. The van der Waals surface area contributed by atoms with E-state index in [9.17, 15) is 4.79 Å². The SMILES string of the molecule is CC(C)C(SCc1csc(-c2ccccc2)n1)C(=O)O. The average Bonchev–Trinajstić information content (AvgIpc) is 2.88. The highest BCUT2D eigenvalue weighted by molar-refractivity contribution is 7.99. The van der Waals surface area contributed by atoms with E-state index in [0.29, 0.717) is 5.75 Å². The second-order valence-electron chi connectivity index (χ2n) is 4.82. The topological polar surface area (TPSA) is 50.2 Å². The number of hydrogen-bond donors (Lipinski definition) is 1. The molecule has 0 amide bonds. The second-order valence-corrected chi connectivity index (χ2v) is 6.81. The van der Waals surface area contributed by atoms with Crippen LogP contribution >= 0.6 is 23.1 Å². The van der Waals surface area contributed by atoms with Crippen molar-refractivity contribution in [3.05, 3.63) is 41.4 Å². The minimum atomic E-state index is -0.747. The first-order valence-electron chi connectivity index (χ1n) is 6.42. The molecule has 1 heterocycles. The number of benzene rings is 1. The van der Waals surface area contributed by atoms with Gasteiger partial charge >= 0.3 is 5.97 Å². The van der Waals surface area contributed by atoms with Crippen molar-refractivity contribution in [1.29, 1.82) is 0 Å². The smallest absolute Gasteiger partial charge is 0.316 e. The van der Waals surface area contributed by atoms with Crippen molar-refractivity contribution in [2.45, 2.75) is 24.9 Å². The second kappa shape index (κ2) is 6.90. The molecule has 0 saturated heterocycles. The van der Waals surface area contributed by atoms with Gasteiger partial charge in [0.15, 0.2) is 0 Å². The molecule has 1 N–H and O–H groups in total. The van der Waals surface area contributed by atoms with Crippen LogP contribution in [0.15, 0.2) is 35.7 Å². The van der Waals surface area contributed by atoms with Crippen molar-refractivity contribution >= 4 is 29.1 Å². The van der Waals surface area contributed by atoms with Gasteiger partial charge in [0.05, 0.1) is 5.69 Å². The molecule has 2 rings (SSSR count). The van der Waals surface area contributed by atoms with E-state index in [2.05, 4.69) is 4.98 Å². The summed E-state index contributed by atoms with van der Waals surface area (Å²) >= 11 is 3.04. The van der Waals surface area contributed by atoms with Gasteiger partial charge in [-0.05, 0) is 5.92 Å². The maximum Gasteiger partial charge on any atom is 0.316 e. The third-order valence-electron chi connectivity index (χ3n) is 2.83. The monoisotopic (exact) mass is 307 g/mol. The van der Waals surface area contributed by atoms with Crippen molar-refractivity contribution in [3.63, 3.8) is 0 Å². The fourth-order valence-electron chi connectivity index (χ4n) is 1.81. The van der Waals surface area contributed by atoms with Crippen molar-refractivity contribution < 1.29 is 9.90 Å². The summed E-state index contributed by atoms with van der Waals surface area (Å²) < 4.78 is 0. The molecular weight excluding hydrogens is 290 g/mol. The molecule has 5 heteroatoms. The molecule has 1 atom stereocenters. The Morgan fingerprint density at radius 2 is 2.05 bits per heavy atom. The average molecular weight is 307 g/mol. The number of nitrogens with zero attached hydrogens (tertiary/aromatic N) is 1.